The molecule has 0 aliphatic heterocycles. The molecule has 0 spiro atoms. The van der Waals surface area contributed by atoms with Gasteiger partial charge in [0.05, 0.1) is 46.7 Å². The van der Waals surface area contributed by atoms with Crippen LogP contribution in [0, 0.1) is 0 Å². The Labute approximate surface area is 393 Å². The van der Waals surface area contributed by atoms with Gasteiger partial charge in [-0.15, -0.1) is 0 Å². The van der Waals surface area contributed by atoms with Crippen LogP contribution in [0.3, 0.4) is 0 Å². The molecule has 2 nitrogen and oxygen atoms in total. The fraction of sp³-hybridized carbons (Fsp3) is 0. The molecule has 0 aliphatic carbocycles. The van der Waals surface area contributed by atoms with E-state index in [2.05, 4.69) is 36.4 Å². The van der Waals surface area contributed by atoms with E-state index in [4.69, 9.17) is 11.0 Å². The molecule has 12 rings (SSSR count). The minimum absolute atomic E-state index is 0.123. The molecule has 0 saturated heterocycles. The molecule has 296 valence electrons. The van der Waals surface area contributed by atoms with Crippen molar-refractivity contribution < 1.29 is 24.7 Å². The summed E-state index contributed by atoms with van der Waals surface area (Å²) in [6, 6.07) is 33.5. The average Bonchev–Trinajstić information content (AvgIpc) is 4.22. The summed E-state index contributed by atoms with van der Waals surface area (Å²) in [6.45, 7) is 0. The minimum atomic E-state index is -3.29. The van der Waals surface area contributed by atoms with E-state index >= 15 is 0 Å². The maximum Gasteiger partial charge on any atom is 0.179 e. The predicted molar refractivity (Wildman–Crippen MR) is 270 cm³/mol. The van der Waals surface area contributed by atoms with Gasteiger partial charge < -0.3 is 9.13 Å². The zero-order valence-electron chi connectivity index (χ0n) is 51.3. The Morgan fingerprint density at radius 2 is 0.698 bits per heavy atom. The van der Waals surface area contributed by atoms with Crippen LogP contribution in [-0.4, -0.2) is 17.2 Å². The molecule has 12 aromatic rings. The molecule has 0 radical (unpaired) electrons. The van der Waals surface area contributed by atoms with Gasteiger partial charge >= 0.3 is 0 Å². The van der Waals surface area contributed by atoms with Crippen LogP contribution in [0.25, 0.3) is 77.2 Å². The Morgan fingerprint density at radius 3 is 1.19 bits per heavy atom. The first-order valence-corrected chi connectivity index (χ1v) is 22.3. The van der Waals surface area contributed by atoms with Gasteiger partial charge in [-0.05, 0) is 104 Å². The van der Waals surface area contributed by atoms with Crippen LogP contribution in [0.1, 0.15) is 24.7 Å². The molecule has 0 aliphatic rings. The van der Waals surface area contributed by atoms with Crippen molar-refractivity contribution in [2.75, 3.05) is 0 Å². The van der Waals surface area contributed by atoms with Crippen molar-refractivity contribution in [1.82, 2.24) is 9.13 Å². The van der Waals surface area contributed by atoms with Crippen molar-refractivity contribution in [2.24, 2.45) is 0 Å². The molecule has 0 saturated carbocycles. The molecule has 0 amide bonds. The molecule has 3 heteroatoms. The molecule has 0 bridgehead atoms. The van der Waals surface area contributed by atoms with E-state index in [1.54, 1.807) is 36.4 Å². The highest BCUT2D eigenvalue weighted by molar-refractivity contribution is 7.19. The van der Waals surface area contributed by atoms with Crippen molar-refractivity contribution in [3.8, 4) is 33.6 Å². The van der Waals surface area contributed by atoms with Crippen LogP contribution in [-0.2, 0) is 0 Å². The minimum Gasteiger partial charge on any atom is -0.309 e. The van der Waals surface area contributed by atoms with E-state index in [9.17, 15) is 13.7 Å². The number of hydrogen-bond acceptors (Lipinski definition) is 0. The fourth-order valence-corrected chi connectivity index (χ4v) is 13.8. The Hall–Kier alpha value is -7.98. The SMILES string of the molecule is [2H]c1c([2H])c([2H])c(-c2c([2H])c([2H])c3c(c2[2H])c2c([2H])c([2H])c([2H])c([2H])c2n3-c2cccc([Si](c3ccccc3)(c3ccccc3)c3ccccc3)c2)c(-c2c([2H])c([2H])c3c(c2[2H])c2c([2H])c([2H])c([2H])c([2H])c2n3-c2ccccc2)c1[2H]. The fourth-order valence-electron chi connectivity index (χ4n) is 9.00. The Balaban J connectivity index is 1.21. The Bertz CT molecular complexity index is 4570. The first-order valence-electron chi connectivity index (χ1n) is 29.3. The van der Waals surface area contributed by atoms with E-state index in [-0.39, 0.29) is 43.6 Å². The quantitative estimate of drug-likeness (QED) is 0.107. The highest BCUT2D eigenvalue weighted by Crippen LogP contribution is 2.40. The van der Waals surface area contributed by atoms with E-state index in [0.717, 1.165) is 20.7 Å². The van der Waals surface area contributed by atoms with Crippen LogP contribution in [0.2, 0.25) is 0 Å². The van der Waals surface area contributed by atoms with Crippen molar-refractivity contribution >= 4 is 72.4 Å². The van der Waals surface area contributed by atoms with Gasteiger partial charge in [0.1, 0.15) is 0 Å². The summed E-state index contributed by atoms with van der Waals surface area (Å²) in [5, 5.41) is 2.98. The molecule has 0 unspecified atom stereocenters. The molecule has 0 atom stereocenters. The topological polar surface area (TPSA) is 9.86 Å². The second kappa shape index (κ2) is 15.2. The number of rotatable bonds is 8. The third-order valence-corrected chi connectivity index (χ3v) is 16.5. The first kappa shape index (κ1) is 22.7. The van der Waals surface area contributed by atoms with E-state index in [0.29, 0.717) is 11.4 Å². The lowest BCUT2D eigenvalue weighted by Crippen LogP contribution is -2.74. The monoisotopic (exact) mass is 836 g/mol. The first-order chi connectivity index (χ1) is 38.8. The number of para-hydroxylation sites is 3. The largest absolute Gasteiger partial charge is 0.309 e. The molecule has 2 aromatic heterocycles. The standard InChI is InChI=1S/C60H42N2Si/c1-5-20-45(21-6-1)61-57-34-17-15-32-53(57)55-40-43(36-38-59(55)61)51-30-13-14-31-52(51)44-37-39-60-56(41-44)54-33-16-18-35-58(54)62(60)46-22-19-29-50(42-46)63(47-23-7-2-8-24-47,48-25-9-3-10-26-48)49-27-11-4-12-28-49/h1-42H/i13D,14D,15D,16D,17D,18D,30D,31D,32D,33D,34D,35D,36D,37D,38D,39D,40D,41D. The third-order valence-electron chi connectivity index (χ3n) is 11.7. The van der Waals surface area contributed by atoms with Gasteiger partial charge in [-0.2, -0.15) is 0 Å². The molecule has 0 fully saturated rings. The van der Waals surface area contributed by atoms with E-state index < -0.39 is 139 Å². The van der Waals surface area contributed by atoms with Gasteiger partial charge in [0.15, 0.2) is 8.07 Å². The summed E-state index contributed by atoms with van der Waals surface area (Å²) in [5.41, 5.74) is -2.38. The molecular weight excluding hydrogens is 777 g/mol. The molecule has 2 heterocycles. The van der Waals surface area contributed by atoms with Crippen molar-refractivity contribution in [2.45, 2.75) is 0 Å². The molecular formula is C60H42N2Si. The van der Waals surface area contributed by atoms with Gasteiger partial charge in [0.25, 0.3) is 0 Å². The van der Waals surface area contributed by atoms with Gasteiger partial charge in [0, 0.05) is 32.9 Å². The maximum absolute atomic E-state index is 10.2. The second-order valence-corrected chi connectivity index (χ2v) is 18.9. The lowest BCUT2D eigenvalue weighted by atomic mass is 9.93. The zero-order chi connectivity index (χ0) is 57.4. The van der Waals surface area contributed by atoms with Crippen LogP contribution in [0.5, 0.6) is 0 Å². The second-order valence-electron chi connectivity index (χ2n) is 15.0. The average molecular weight is 837 g/mol. The van der Waals surface area contributed by atoms with Crippen molar-refractivity contribution in [3.05, 3.63) is 254 Å². The molecule has 10 aromatic carbocycles. The van der Waals surface area contributed by atoms with Crippen molar-refractivity contribution in [3.63, 3.8) is 0 Å². The number of aromatic nitrogens is 2. The van der Waals surface area contributed by atoms with Crippen LogP contribution in [0.4, 0.5) is 0 Å². The molecule has 0 N–H and O–H groups in total. The number of nitrogens with zero attached hydrogens (tertiary/aromatic N) is 2. The van der Waals surface area contributed by atoms with Crippen LogP contribution in [0.15, 0.2) is 254 Å². The Kier molecular flexibility index (Phi) is 5.48. The van der Waals surface area contributed by atoms with Crippen molar-refractivity contribution in [1.29, 1.82) is 0 Å². The summed E-state index contributed by atoms with van der Waals surface area (Å²) in [5.74, 6) is 0. The lowest BCUT2D eigenvalue weighted by molar-refractivity contribution is 1.18. The number of fused-ring (bicyclic) bond motifs is 6. The van der Waals surface area contributed by atoms with Crippen LogP contribution >= 0.6 is 0 Å². The summed E-state index contributed by atoms with van der Waals surface area (Å²) >= 11 is 0. The smallest absolute Gasteiger partial charge is 0.179 e. The number of hydrogen-bond donors (Lipinski definition) is 0. The maximum atomic E-state index is 10.2. The third kappa shape index (κ3) is 5.93. The summed E-state index contributed by atoms with van der Waals surface area (Å²) in [7, 11) is -3.29. The zero-order valence-corrected chi connectivity index (χ0v) is 34.3. The van der Waals surface area contributed by atoms with E-state index in [1.807, 2.05) is 72.8 Å². The van der Waals surface area contributed by atoms with Crippen LogP contribution < -0.4 is 20.7 Å². The van der Waals surface area contributed by atoms with Gasteiger partial charge in [0.2, 0.25) is 0 Å². The lowest BCUT2D eigenvalue weighted by Gasteiger charge is -2.34. The number of benzene rings is 10. The molecule has 63 heavy (non-hydrogen) atoms. The van der Waals surface area contributed by atoms with Gasteiger partial charge in [-0.3, -0.25) is 0 Å². The highest BCUT2D eigenvalue weighted by atomic mass is 28.3. The highest BCUT2D eigenvalue weighted by Gasteiger charge is 2.41. The summed E-state index contributed by atoms with van der Waals surface area (Å²) in [6.07, 6.45) is 0. The summed E-state index contributed by atoms with van der Waals surface area (Å²) < 4.78 is 172. The van der Waals surface area contributed by atoms with Gasteiger partial charge in [-0.1, -0.05) is 194 Å². The summed E-state index contributed by atoms with van der Waals surface area (Å²) in [4.78, 5) is 0. The normalized spacial score (nSPS) is 15.8. The van der Waals surface area contributed by atoms with E-state index in [1.165, 1.54) is 9.13 Å². The predicted octanol–water partition coefficient (Wildman–Crippen LogP) is 12.6. The Morgan fingerprint density at radius 1 is 0.317 bits per heavy atom. The van der Waals surface area contributed by atoms with Gasteiger partial charge in [-0.25, -0.2) is 0 Å².